The Morgan fingerprint density at radius 2 is 1.76 bits per heavy atom. The average Bonchev–Trinajstić information content (AvgIpc) is 3.38. The number of ether oxygens (including phenoxy) is 1. The van der Waals surface area contributed by atoms with Crippen LogP contribution in [0.25, 0.3) is 0 Å². The third-order valence-electron chi connectivity index (χ3n) is 4.74. The molecule has 0 saturated heterocycles. The van der Waals surface area contributed by atoms with Gasteiger partial charge in [-0.25, -0.2) is 0 Å². The minimum absolute atomic E-state index is 0.819. The summed E-state index contributed by atoms with van der Waals surface area (Å²) in [4.78, 5) is 2.39. The number of likely N-dealkylation sites (N-methyl/N-ethyl adjacent to an activating group) is 1. The van der Waals surface area contributed by atoms with Gasteiger partial charge in [-0.3, -0.25) is 0 Å². The Labute approximate surface area is 128 Å². The average molecular weight is 288 g/mol. The number of hydrogen-bond acceptors (Lipinski definition) is 3. The molecule has 0 aliphatic heterocycles. The second kappa shape index (κ2) is 6.80. The molecule has 0 spiro atoms. The second-order valence-electron chi connectivity index (χ2n) is 6.74. The molecule has 2 fully saturated rings. The van der Waals surface area contributed by atoms with E-state index in [-0.39, 0.29) is 0 Å². The van der Waals surface area contributed by atoms with E-state index in [2.05, 4.69) is 29.4 Å². The molecule has 0 bridgehead atoms. The van der Waals surface area contributed by atoms with Crippen LogP contribution in [0.3, 0.4) is 0 Å². The molecular formula is C18H28N2O. The molecule has 3 rings (SSSR count). The maximum Gasteiger partial charge on any atom is 0.118 e. The maximum absolute atomic E-state index is 5.20. The van der Waals surface area contributed by atoms with Crippen molar-refractivity contribution in [3.05, 3.63) is 29.8 Å². The molecule has 0 radical (unpaired) electrons. The molecule has 2 saturated carbocycles. The van der Waals surface area contributed by atoms with Crippen molar-refractivity contribution in [1.82, 2.24) is 10.2 Å². The van der Waals surface area contributed by atoms with Crippen molar-refractivity contribution in [3.8, 4) is 5.75 Å². The van der Waals surface area contributed by atoms with Crippen LogP contribution in [-0.2, 0) is 6.54 Å². The number of rotatable bonds is 9. The van der Waals surface area contributed by atoms with Crippen LogP contribution in [0.5, 0.6) is 5.75 Å². The van der Waals surface area contributed by atoms with Gasteiger partial charge in [0, 0.05) is 25.7 Å². The molecule has 1 aromatic carbocycles. The van der Waals surface area contributed by atoms with Gasteiger partial charge in [-0.05, 0) is 62.3 Å². The molecule has 1 N–H and O–H groups in total. The summed E-state index contributed by atoms with van der Waals surface area (Å²) in [5.41, 5.74) is 1.35. The van der Waals surface area contributed by atoms with E-state index in [1.807, 2.05) is 12.1 Å². The van der Waals surface area contributed by atoms with Crippen molar-refractivity contribution in [2.75, 3.05) is 27.2 Å². The van der Waals surface area contributed by atoms with E-state index in [0.29, 0.717) is 0 Å². The van der Waals surface area contributed by atoms with Crippen LogP contribution in [0, 0.1) is 11.8 Å². The zero-order valence-electron chi connectivity index (χ0n) is 13.3. The zero-order valence-corrected chi connectivity index (χ0v) is 13.3. The first-order chi connectivity index (χ1) is 10.3. The number of nitrogens with one attached hydrogen (secondary N) is 1. The summed E-state index contributed by atoms with van der Waals surface area (Å²) in [5, 5.41) is 3.82. The second-order valence-corrected chi connectivity index (χ2v) is 6.74. The molecule has 3 heteroatoms. The minimum Gasteiger partial charge on any atom is -0.497 e. The van der Waals surface area contributed by atoms with Gasteiger partial charge in [-0.2, -0.15) is 0 Å². The molecule has 0 amide bonds. The molecule has 1 aromatic rings. The number of benzene rings is 1. The highest BCUT2D eigenvalue weighted by molar-refractivity contribution is 5.27. The van der Waals surface area contributed by atoms with E-state index in [4.69, 9.17) is 4.74 Å². The summed E-state index contributed by atoms with van der Waals surface area (Å²) in [6.45, 7) is 3.23. The Hall–Kier alpha value is -1.06. The quantitative estimate of drug-likeness (QED) is 0.756. The van der Waals surface area contributed by atoms with E-state index in [1.54, 1.807) is 7.11 Å². The van der Waals surface area contributed by atoms with Crippen LogP contribution >= 0.6 is 0 Å². The SMILES string of the molecule is COc1ccc(CN(C)CCNC(C2CC2)C2CC2)cc1. The van der Waals surface area contributed by atoms with Crippen LogP contribution in [0.1, 0.15) is 31.2 Å². The van der Waals surface area contributed by atoms with Gasteiger partial charge in [-0.15, -0.1) is 0 Å². The Kier molecular flexibility index (Phi) is 4.81. The molecule has 0 atom stereocenters. The van der Waals surface area contributed by atoms with Crippen molar-refractivity contribution >= 4 is 0 Å². The fourth-order valence-electron chi connectivity index (χ4n) is 3.17. The van der Waals surface area contributed by atoms with Crippen molar-refractivity contribution in [3.63, 3.8) is 0 Å². The van der Waals surface area contributed by atoms with E-state index in [9.17, 15) is 0 Å². The predicted octanol–water partition coefficient (Wildman–Crippen LogP) is 2.91. The van der Waals surface area contributed by atoms with Crippen molar-refractivity contribution in [2.24, 2.45) is 11.8 Å². The number of nitrogens with zero attached hydrogens (tertiary/aromatic N) is 1. The lowest BCUT2D eigenvalue weighted by molar-refractivity contribution is 0.305. The number of methoxy groups -OCH3 is 1. The Bertz CT molecular complexity index is 425. The lowest BCUT2D eigenvalue weighted by atomic mass is 10.1. The Balaban J connectivity index is 1.38. The van der Waals surface area contributed by atoms with Crippen LogP contribution in [0.15, 0.2) is 24.3 Å². The van der Waals surface area contributed by atoms with E-state index < -0.39 is 0 Å². The van der Waals surface area contributed by atoms with Gasteiger partial charge in [-0.1, -0.05) is 12.1 Å². The van der Waals surface area contributed by atoms with Gasteiger partial charge < -0.3 is 15.0 Å². The molecule has 116 valence electrons. The normalized spacial score (nSPS) is 18.5. The van der Waals surface area contributed by atoms with Gasteiger partial charge in [0.15, 0.2) is 0 Å². The minimum atomic E-state index is 0.819. The summed E-state index contributed by atoms with van der Waals surface area (Å²) >= 11 is 0. The van der Waals surface area contributed by atoms with Crippen molar-refractivity contribution < 1.29 is 4.74 Å². The lowest BCUT2D eigenvalue weighted by Crippen LogP contribution is -2.38. The third-order valence-corrected chi connectivity index (χ3v) is 4.74. The highest BCUT2D eigenvalue weighted by atomic mass is 16.5. The molecule has 2 aliphatic carbocycles. The summed E-state index contributed by atoms with van der Waals surface area (Å²) in [6, 6.07) is 9.20. The van der Waals surface area contributed by atoms with Crippen molar-refractivity contribution in [1.29, 1.82) is 0 Å². The van der Waals surface area contributed by atoms with E-state index in [1.165, 1.54) is 31.2 Å². The standard InChI is InChI=1S/C18H28N2O/c1-20(13-14-3-9-17(21-2)10-4-14)12-11-19-18(15-5-6-15)16-7-8-16/h3-4,9-10,15-16,18-19H,5-8,11-13H2,1-2H3. The summed E-state index contributed by atoms with van der Waals surface area (Å²) in [7, 11) is 3.91. The molecule has 0 unspecified atom stereocenters. The maximum atomic E-state index is 5.20. The van der Waals surface area contributed by atoms with Crippen molar-refractivity contribution in [2.45, 2.75) is 38.3 Å². The Morgan fingerprint density at radius 1 is 1.14 bits per heavy atom. The summed E-state index contributed by atoms with van der Waals surface area (Å²) in [6.07, 6.45) is 5.82. The monoisotopic (exact) mass is 288 g/mol. The first-order valence-electron chi connectivity index (χ1n) is 8.31. The summed E-state index contributed by atoms with van der Waals surface area (Å²) < 4.78 is 5.20. The zero-order chi connectivity index (χ0) is 14.7. The first kappa shape index (κ1) is 14.9. The third kappa shape index (κ3) is 4.45. The predicted molar refractivity (Wildman–Crippen MR) is 86.6 cm³/mol. The van der Waals surface area contributed by atoms with Crippen LogP contribution in [-0.4, -0.2) is 38.2 Å². The fraction of sp³-hybridized carbons (Fsp3) is 0.667. The van der Waals surface area contributed by atoms with Crippen LogP contribution in [0.4, 0.5) is 0 Å². The van der Waals surface area contributed by atoms with Gasteiger partial charge in [0.05, 0.1) is 7.11 Å². The largest absolute Gasteiger partial charge is 0.497 e. The molecule has 0 aromatic heterocycles. The van der Waals surface area contributed by atoms with E-state index >= 15 is 0 Å². The smallest absolute Gasteiger partial charge is 0.118 e. The molecule has 2 aliphatic rings. The fourth-order valence-corrected chi connectivity index (χ4v) is 3.17. The molecule has 0 heterocycles. The highest BCUT2D eigenvalue weighted by Crippen LogP contribution is 2.44. The molecule has 21 heavy (non-hydrogen) atoms. The first-order valence-corrected chi connectivity index (χ1v) is 8.31. The van der Waals surface area contributed by atoms with Crippen LogP contribution in [0.2, 0.25) is 0 Å². The van der Waals surface area contributed by atoms with Gasteiger partial charge in [0.1, 0.15) is 5.75 Å². The molecule has 3 nitrogen and oxygen atoms in total. The van der Waals surface area contributed by atoms with Gasteiger partial charge in [0.25, 0.3) is 0 Å². The van der Waals surface area contributed by atoms with Gasteiger partial charge >= 0.3 is 0 Å². The molecular weight excluding hydrogens is 260 g/mol. The number of hydrogen-bond donors (Lipinski definition) is 1. The summed E-state index contributed by atoms with van der Waals surface area (Å²) in [5.74, 6) is 2.91. The van der Waals surface area contributed by atoms with E-state index in [0.717, 1.165) is 43.3 Å². The highest BCUT2D eigenvalue weighted by Gasteiger charge is 2.40. The lowest BCUT2D eigenvalue weighted by Gasteiger charge is -2.21. The topological polar surface area (TPSA) is 24.5 Å². The Morgan fingerprint density at radius 3 is 2.29 bits per heavy atom. The van der Waals surface area contributed by atoms with Gasteiger partial charge in [0.2, 0.25) is 0 Å². The van der Waals surface area contributed by atoms with Crippen LogP contribution < -0.4 is 10.1 Å².